The molecule has 0 saturated carbocycles. The Hall–Kier alpha value is -2.18. The van der Waals surface area contributed by atoms with Crippen LogP contribution in [0, 0.1) is 21.8 Å². The second-order valence-corrected chi connectivity index (χ2v) is 3.42. The highest BCUT2D eigenvalue weighted by Crippen LogP contribution is 2.22. The number of ether oxygens (including phenoxy) is 1. The number of carboxylic acids is 1. The van der Waals surface area contributed by atoms with E-state index in [1.54, 1.807) is 0 Å². The van der Waals surface area contributed by atoms with Crippen molar-refractivity contribution >= 4 is 11.7 Å². The van der Waals surface area contributed by atoms with Crippen LogP contribution in [0.5, 0.6) is 5.75 Å². The van der Waals surface area contributed by atoms with E-state index in [4.69, 9.17) is 9.84 Å². The van der Waals surface area contributed by atoms with Crippen LogP contribution in [0.1, 0.15) is 6.92 Å². The van der Waals surface area contributed by atoms with Gasteiger partial charge in [0.25, 0.3) is 0 Å². The number of nitrogens with zero attached hydrogens (tertiary/aromatic N) is 1. The third kappa shape index (κ3) is 3.40. The largest absolute Gasteiger partial charge is 0.493 e. The van der Waals surface area contributed by atoms with Crippen LogP contribution in [-0.4, -0.2) is 22.6 Å². The van der Waals surface area contributed by atoms with Gasteiger partial charge < -0.3 is 9.84 Å². The highest BCUT2D eigenvalue weighted by Gasteiger charge is 2.16. The van der Waals surface area contributed by atoms with Gasteiger partial charge in [-0.2, -0.15) is 4.39 Å². The summed E-state index contributed by atoms with van der Waals surface area (Å²) in [5.74, 6) is -2.74. The predicted octanol–water partition coefficient (Wildman–Crippen LogP) is 1.83. The second-order valence-electron chi connectivity index (χ2n) is 3.42. The zero-order chi connectivity index (χ0) is 13.0. The summed E-state index contributed by atoms with van der Waals surface area (Å²) < 4.78 is 18.1. The molecule has 0 heterocycles. The Kier molecular flexibility index (Phi) is 3.97. The fourth-order valence-corrected chi connectivity index (χ4v) is 1.02. The Morgan fingerprint density at radius 2 is 2.29 bits per heavy atom. The molecular formula is C10H10FNO5. The van der Waals surface area contributed by atoms with E-state index in [9.17, 15) is 19.3 Å². The summed E-state index contributed by atoms with van der Waals surface area (Å²) in [5.41, 5.74) is -0.649. The normalized spacial score (nSPS) is 11.9. The number of rotatable bonds is 5. The van der Waals surface area contributed by atoms with E-state index in [1.165, 1.54) is 13.0 Å². The molecule has 92 valence electrons. The van der Waals surface area contributed by atoms with Crippen molar-refractivity contribution in [3.63, 3.8) is 0 Å². The number of benzene rings is 1. The molecule has 0 spiro atoms. The summed E-state index contributed by atoms with van der Waals surface area (Å²) >= 11 is 0. The molecule has 0 aliphatic heterocycles. The SMILES string of the molecule is CC(COc1ccc([N+](=O)[O-])c(F)c1)C(=O)O. The molecular weight excluding hydrogens is 233 g/mol. The third-order valence-corrected chi connectivity index (χ3v) is 2.04. The predicted molar refractivity (Wildman–Crippen MR) is 55.3 cm³/mol. The highest BCUT2D eigenvalue weighted by atomic mass is 19.1. The lowest BCUT2D eigenvalue weighted by atomic mass is 10.2. The lowest BCUT2D eigenvalue weighted by Crippen LogP contribution is -2.17. The molecule has 0 saturated heterocycles. The average molecular weight is 243 g/mol. The number of nitro groups is 1. The second kappa shape index (κ2) is 5.24. The molecule has 1 aromatic carbocycles. The minimum absolute atomic E-state index is 0.0567. The molecule has 0 fully saturated rings. The van der Waals surface area contributed by atoms with Gasteiger partial charge in [0.05, 0.1) is 10.8 Å². The zero-order valence-electron chi connectivity index (χ0n) is 8.92. The summed E-state index contributed by atoms with van der Waals surface area (Å²) in [6.45, 7) is 1.30. The number of carbonyl (C=O) groups is 1. The molecule has 1 rings (SSSR count). The van der Waals surface area contributed by atoms with E-state index < -0.39 is 28.3 Å². The Labute approximate surface area is 95.8 Å². The molecule has 0 aliphatic carbocycles. The van der Waals surface area contributed by atoms with E-state index in [0.29, 0.717) is 0 Å². The first kappa shape index (κ1) is 12.9. The Morgan fingerprint density at radius 1 is 1.65 bits per heavy atom. The molecule has 6 nitrogen and oxygen atoms in total. The summed E-state index contributed by atoms with van der Waals surface area (Å²) in [7, 11) is 0. The fourth-order valence-electron chi connectivity index (χ4n) is 1.02. The molecule has 1 N–H and O–H groups in total. The topological polar surface area (TPSA) is 89.7 Å². The maximum absolute atomic E-state index is 13.1. The molecule has 7 heteroatoms. The van der Waals surface area contributed by atoms with E-state index in [2.05, 4.69) is 0 Å². The van der Waals surface area contributed by atoms with Gasteiger partial charge in [-0.15, -0.1) is 0 Å². The maximum atomic E-state index is 13.1. The van der Waals surface area contributed by atoms with Gasteiger partial charge in [0.15, 0.2) is 0 Å². The van der Waals surface area contributed by atoms with Gasteiger partial charge in [-0.1, -0.05) is 0 Å². The van der Waals surface area contributed by atoms with Crippen LogP contribution in [0.4, 0.5) is 10.1 Å². The van der Waals surface area contributed by atoms with Crippen molar-refractivity contribution in [1.29, 1.82) is 0 Å². The minimum atomic E-state index is -1.03. The van der Waals surface area contributed by atoms with Crippen LogP contribution in [0.3, 0.4) is 0 Å². The van der Waals surface area contributed by atoms with Crippen LogP contribution < -0.4 is 4.74 Å². The van der Waals surface area contributed by atoms with E-state index >= 15 is 0 Å². The van der Waals surface area contributed by atoms with E-state index in [0.717, 1.165) is 12.1 Å². The first-order chi connectivity index (χ1) is 7.91. The number of hydrogen-bond donors (Lipinski definition) is 1. The molecule has 0 aromatic heterocycles. The summed E-state index contributed by atoms with van der Waals surface area (Å²) in [6.07, 6.45) is 0. The van der Waals surface area contributed by atoms with Gasteiger partial charge in [0, 0.05) is 12.1 Å². The van der Waals surface area contributed by atoms with Crippen molar-refractivity contribution in [1.82, 2.24) is 0 Å². The standard InChI is InChI=1S/C10H10FNO5/c1-6(10(13)14)5-17-7-2-3-9(12(15)16)8(11)4-7/h2-4,6H,5H2,1H3,(H,13,14). The Balaban J connectivity index is 2.71. The monoisotopic (exact) mass is 243 g/mol. The molecule has 0 aliphatic rings. The average Bonchev–Trinajstić information content (AvgIpc) is 2.25. The minimum Gasteiger partial charge on any atom is -0.493 e. The molecule has 1 aromatic rings. The van der Waals surface area contributed by atoms with Gasteiger partial charge in [-0.25, -0.2) is 0 Å². The number of carboxylic acid groups (broad SMARTS) is 1. The lowest BCUT2D eigenvalue weighted by Gasteiger charge is -2.08. The quantitative estimate of drug-likeness (QED) is 0.629. The Bertz CT molecular complexity index is 448. The van der Waals surface area contributed by atoms with Crippen molar-refractivity contribution in [3.05, 3.63) is 34.1 Å². The van der Waals surface area contributed by atoms with Gasteiger partial charge >= 0.3 is 11.7 Å². The molecule has 1 atom stereocenters. The van der Waals surface area contributed by atoms with Gasteiger partial charge in [0.1, 0.15) is 12.4 Å². The van der Waals surface area contributed by atoms with Gasteiger partial charge in [0.2, 0.25) is 5.82 Å². The van der Waals surface area contributed by atoms with Crippen molar-refractivity contribution in [3.8, 4) is 5.75 Å². The van der Waals surface area contributed by atoms with Crippen LogP contribution in [0.15, 0.2) is 18.2 Å². The van der Waals surface area contributed by atoms with Crippen LogP contribution >= 0.6 is 0 Å². The van der Waals surface area contributed by atoms with Crippen LogP contribution in [0.2, 0.25) is 0 Å². The van der Waals surface area contributed by atoms with Crippen LogP contribution in [0.25, 0.3) is 0 Å². The van der Waals surface area contributed by atoms with Crippen LogP contribution in [-0.2, 0) is 4.79 Å². The summed E-state index contributed by atoms with van der Waals surface area (Å²) in [6, 6.07) is 3.04. The Morgan fingerprint density at radius 3 is 2.76 bits per heavy atom. The molecule has 0 radical (unpaired) electrons. The molecule has 17 heavy (non-hydrogen) atoms. The van der Waals surface area contributed by atoms with E-state index in [-0.39, 0.29) is 12.4 Å². The number of nitro benzene ring substituents is 1. The highest BCUT2D eigenvalue weighted by molar-refractivity contribution is 5.69. The maximum Gasteiger partial charge on any atom is 0.309 e. The first-order valence-corrected chi connectivity index (χ1v) is 4.71. The smallest absolute Gasteiger partial charge is 0.309 e. The third-order valence-electron chi connectivity index (χ3n) is 2.04. The molecule has 0 bridgehead atoms. The molecule has 0 amide bonds. The zero-order valence-corrected chi connectivity index (χ0v) is 8.92. The number of halogens is 1. The number of hydrogen-bond acceptors (Lipinski definition) is 4. The first-order valence-electron chi connectivity index (χ1n) is 4.71. The lowest BCUT2D eigenvalue weighted by molar-refractivity contribution is -0.387. The van der Waals surface area contributed by atoms with E-state index in [1.807, 2.05) is 0 Å². The summed E-state index contributed by atoms with van der Waals surface area (Å²) in [5, 5.41) is 18.9. The van der Waals surface area contributed by atoms with Crippen molar-refractivity contribution in [2.75, 3.05) is 6.61 Å². The summed E-state index contributed by atoms with van der Waals surface area (Å²) in [4.78, 5) is 20.0. The van der Waals surface area contributed by atoms with Crippen molar-refractivity contribution in [2.45, 2.75) is 6.92 Å². The van der Waals surface area contributed by atoms with Gasteiger partial charge in [-0.3, -0.25) is 14.9 Å². The van der Waals surface area contributed by atoms with Crippen molar-refractivity contribution < 1.29 is 24.0 Å². The van der Waals surface area contributed by atoms with Crippen molar-refractivity contribution in [2.24, 2.45) is 5.92 Å². The number of aliphatic carboxylic acids is 1. The fraction of sp³-hybridized carbons (Fsp3) is 0.300. The van der Waals surface area contributed by atoms with Gasteiger partial charge in [-0.05, 0) is 13.0 Å². The molecule has 1 unspecified atom stereocenters.